The predicted molar refractivity (Wildman–Crippen MR) is 93.4 cm³/mol. The molecule has 0 aliphatic heterocycles. The van der Waals surface area contributed by atoms with Crippen LogP contribution in [0.4, 0.5) is 0 Å². The van der Waals surface area contributed by atoms with Gasteiger partial charge in [-0.1, -0.05) is 12.1 Å². The lowest BCUT2D eigenvalue weighted by atomic mass is 10.2. The first kappa shape index (κ1) is 17.9. The van der Waals surface area contributed by atoms with E-state index in [0.717, 1.165) is 10.5 Å². The van der Waals surface area contributed by atoms with Crippen molar-refractivity contribution < 1.29 is 18.7 Å². The van der Waals surface area contributed by atoms with E-state index in [0.29, 0.717) is 5.76 Å². The van der Waals surface area contributed by atoms with Crippen LogP contribution in [-0.4, -0.2) is 24.2 Å². The SMILES string of the molecule is CSc1ccc(/C=C/C(=O)O[C@@H](C)C(=O)NCc2ccco2)cc1. The van der Waals surface area contributed by atoms with Gasteiger partial charge >= 0.3 is 5.97 Å². The maximum absolute atomic E-state index is 11.9. The average molecular weight is 345 g/mol. The molecule has 0 aliphatic carbocycles. The van der Waals surface area contributed by atoms with E-state index < -0.39 is 12.1 Å². The average Bonchev–Trinajstić information content (AvgIpc) is 3.11. The minimum absolute atomic E-state index is 0.255. The molecule has 0 spiro atoms. The highest BCUT2D eigenvalue weighted by Crippen LogP contribution is 2.15. The molecule has 1 aromatic carbocycles. The van der Waals surface area contributed by atoms with E-state index in [1.165, 1.54) is 19.3 Å². The third-order valence-corrected chi connectivity index (χ3v) is 3.95. The first-order valence-electron chi connectivity index (χ1n) is 7.41. The molecule has 2 rings (SSSR count). The van der Waals surface area contributed by atoms with E-state index in [2.05, 4.69) is 5.32 Å². The molecule has 0 bridgehead atoms. The normalized spacial score (nSPS) is 12.1. The molecule has 0 aliphatic rings. The number of carbonyl (C=O) groups is 2. The highest BCUT2D eigenvalue weighted by molar-refractivity contribution is 7.98. The van der Waals surface area contributed by atoms with Gasteiger partial charge in [0.1, 0.15) is 5.76 Å². The summed E-state index contributed by atoms with van der Waals surface area (Å²) in [5, 5.41) is 2.64. The Bertz CT molecular complexity index is 692. The van der Waals surface area contributed by atoms with E-state index in [-0.39, 0.29) is 12.5 Å². The Labute approximate surface area is 145 Å². The quantitative estimate of drug-likeness (QED) is 0.474. The molecule has 1 aromatic heterocycles. The topological polar surface area (TPSA) is 68.5 Å². The number of amides is 1. The van der Waals surface area contributed by atoms with Gasteiger partial charge in [0.2, 0.25) is 0 Å². The lowest BCUT2D eigenvalue weighted by Crippen LogP contribution is -2.35. The van der Waals surface area contributed by atoms with Crippen molar-refractivity contribution in [1.82, 2.24) is 5.32 Å². The molecule has 126 valence electrons. The van der Waals surface area contributed by atoms with Gasteiger partial charge in [0.25, 0.3) is 5.91 Å². The maximum atomic E-state index is 11.9. The summed E-state index contributed by atoms with van der Waals surface area (Å²) < 4.78 is 10.2. The van der Waals surface area contributed by atoms with Crippen LogP contribution >= 0.6 is 11.8 Å². The van der Waals surface area contributed by atoms with Gasteiger partial charge in [0, 0.05) is 11.0 Å². The van der Waals surface area contributed by atoms with Gasteiger partial charge in [0.15, 0.2) is 6.10 Å². The molecular formula is C18H19NO4S. The number of nitrogens with one attached hydrogen (secondary N) is 1. The Morgan fingerprint density at radius 3 is 2.67 bits per heavy atom. The second kappa shape index (κ2) is 8.98. The minimum atomic E-state index is -0.879. The van der Waals surface area contributed by atoms with Crippen LogP contribution in [0.15, 0.2) is 58.1 Å². The number of hydrogen-bond donors (Lipinski definition) is 1. The van der Waals surface area contributed by atoms with Gasteiger partial charge in [-0.05, 0) is 49.1 Å². The molecule has 0 saturated heterocycles. The maximum Gasteiger partial charge on any atom is 0.331 e. The summed E-state index contributed by atoms with van der Waals surface area (Å²) in [6, 6.07) is 11.3. The van der Waals surface area contributed by atoms with Crippen molar-refractivity contribution in [2.45, 2.75) is 24.5 Å². The van der Waals surface area contributed by atoms with Gasteiger partial charge in [-0.2, -0.15) is 0 Å². The summed E-state index contributed by atoms with van der Waals surface area (Å²) in [6.07, 6.45) is 5.61. The van der Waals surface area contributed by atoms with Crippen LogP contribution in [0.25, 0.3) is 6.08 Å². The smallest absolute Gasteiger partial charge is 0.331 e. The lowest BCUT2D eigenvalue weighted by Gasteiger charge is -2.11. The molecule has 1 atom stereocenters. The van der Waals surface area contributed by atoms with Crippen molar-refractivity contribution >= 4 is 29.7 Å². The Morgan fingerprint density at radius 2 is 2.04 bits per heavy atom. The largest absolute Gasteiger partial charge is 0.467 e. The summed E-state index contributed by atoms with van der Waals surface area (Å²) in [5.41, 5.74) is 0.889. The Hall–Kier alpha value is -2.47. The summed E-state index contributed by atoms with van der Waals surface area (Å²) in [7, 11) is 0. The third-order valence-electron chi connectivity index (χ3n) is 3.21. The van der Waals surface area contributed by atoms with Crippen LogP contribution in [-0.2, 0) is 20.9 Å². The number of rotatable bonds is 7. The molecule has 0 radical (unpaired) electrons. The molecule has 6 heteroatoms. The molecule has 1 amide bonds. The zero-order chi connectivity index (χ0) is 17.4. The summed E-state index contributed by atoms with van der Waals surface area (Å²) >= 11 is 1.65. The van der Waals surface area contributed by atoms with Crippen LogP contribution in [0.2, 0.25) is 0 Å². The van der Waals surface area contributed by atoms with Crippen molar-refractivity contribution in [2.24, 2.45) is 0 Å². The van der Waals surface area contributed by atoms with Crippen molar-refractivity contribution in [3.05, 3.63) is 60.1 Å². The van der Waals surface area contributed by atoms with E-state index in [1.807, 2.05) is 30.5 Å². The number of carbonyl (C=O) groups excluding carboxylic acids is 2. The molecule has 2 aromatic rings. The Morgan fingerprint density at radius 1 is 1.29 bits per heavy atom. The zero-order valence-electron chi connectivity index (χ0n) is 13.5. The van der Waals surface area contributed by atoms with Crippen molar-refractivity contribution in [3.8, 4) is 0 Å². The monoisotopic (exact) mass is 345 g/mol. The fourth-order valence-corrected chi connectivity index (χ4v) is 2.29. The van der Waals surface area contributed by atoms with Crippen molar-refractivity contribution in [1.29, 1.82) is 0 Å². The number of furan rings is 1. The molecule has 24 heavy (non-hydrogen) atoms. The van der Waals surface area contributed by atoms with Crippen molar-refractivity contribution in [2.75, 3.05) is 6.26 Å². The highest BCUT2D eigenvalue weighted by atomic mass is 32.2. The van der Waals surface area contributed by atoms with Crippen molar-refractivity contribution in [3.63, 3.8) is 0 Å². The third kappa shape index (κ3) is 5.62. The van der Waals surface area contributed by atoms with E-state index >= 15 is 0 Å². The summed E-state index contributed by atoms with van der Waals surface area (Å²) in [4.78, 5) is 24.8. The molecular weight excluding hydrogens is 326 g/mol. The van der Waals surface area contributed by atoms with E-state index in [4.69, 9.17) is 9.15 Å². The van der Waals surface area contributed by atoms with Crippen LogP contribution in [0, 0.1) is 0 Å². The summed E-state index contributed by atoms with van der Waals surface area (Å²) in [5.74, 6) is -0.308. The number of hydrogen-bond acceptors (Lipinski definition) is 5. The van der Waals surface area contributed by atoms with Gasteiger partial charge in [0.05, 0.1) is 12.8 Å². The summed E-state index contributed by atoms with van der Waals surface area (Å²) in [6.45, 7) is 1.78. The predicted octanol–water partition coefficient (Wildman–Crippen LogP) is 3.26. The number of thioether (sulfide) groups is 1. The lowest BCUT2D eigenvalue weighted by molar-refractivity contribution is -0.150. The van der Waals surface area contributed by atoms with Crippen LogP contribution in [0.5, 0.6) is 0 Å². The highest BCUT2D eigenvalue weighted by Gasteiger charge is 2.16. The van der Waals surface area contributed by atoms with Gasteiger partial charge in [-0.15, -0.1) is 11.8 Å². The van der Waals surface area contributed by atoms with Gasteiger partial charge in [-0.3, -0.25) is 4.79 Å². The first-order valence-corrected chi connectivity index (χ1v) is 8.64. The number of ether oxygens (including phenoxy) is 1. The van der Waals surface area contributed by atoms with E-state index in [1.54, 1.807) is 30.0 Å². The fourth-order valence-electron chi connectivity index (χ4n) is 1.88. The zero-order valence-corrected chi connectivity index (χ0v) is 14.3. The number of benzene rings is 1. The van der Waals surface area contributed by atoms with Gasteiger partial charge in [-0.25, -0.2) is 4.79 Å². The van der Waals surface area contributed by atoms with Gasteiger partial charge < -0.3 is 14.5 Å². The fraction of sp³-hybridized carbons (Fsp3) is 0.222. The minimum Gasteiger partial charge on any atom is -0.467 e. The van der Waals surface area contributed by atoms with Crippen LogP contribution < -0.4 is 5.32 Å². The molecule has 0 fully saturated rings. The Kier molecular flexibility index (Phi) is 6.69. The molecule has 1 N–H and O–H groups in total. The molecule has 5 nitrogen and oxygen atoms in total. The first-order chi connectivity index (χ1) is 11.6. The molecule has 0 saturated carbocycles. The van der Waals surface area contributed by atoms with Crippen LogP contribution in [0.1, 0.15) is 18.2 Å². The standard InChI is InChI=1S/C18H19NO4S/c1-13(18(21)19-12-15-4-3-11-22-15)23-17(20)10-7-14-5-8-16(24-2)9-6-14/h3-11,13H,12H2,1-2H3,(H,19,21)/b10-7+/t13-/m0/s1. The second-order valence-electron chi connectivity index (χ2n) is 4.98. The molecule has 0 unspecified atom stereocenters. The van der Waals surface area contributed by atoms with E-state index in [9.17, 15) is 9.59 Å². The Balaban J connectivity index is 1.79. The molecule has 1 heterocycles. The second-order valence-corrected chi connectivity index (χ2v) is 5.86. The van der Waals surface area contributed by atoms with Crippen LogP contribution in [0.3, 0.4) is 0 Å². The number of esters is 1.